The Bertz CT molecular complexity index is 1310. The molecule has 176 valence electrons. The highest BCUT2D eigenvalue weighted by atomic mass is 35.5. The molecule has 3 aromatic rings. The Hall–Kier alpha value is -3.20. The smallest absolute Gasteiger partial charge is 0.241 e. The molecule has 0 saturated carbocycles. The van der Waals surface area contributed by atoms with Gasteiger partial charge in [0.25, 0.3) is 0 Å². The van der Waals surface area contributed by atoms with Crippen molar-refractivity contribution in [2.24, 2.45) is 0 Å². The molecule has 1 atom stereocenters. The molecule has 0 saturated heterocycles. The van der Waals surface area contributed by atoms with E-state index in [1.165, 1.54) is 6.07 Å². The molecule has 34 heavy (non-hydrogen) atoms. The SMILES string of the molecule is O=C1CCc2cc(S(=O)(=O)NC(Cc3ccccc3)C(=O)NCc3ccccc3Cl)ccc2N1. The number of anilines is 1. The number of carbonyl (C=O) groups is 2. The highest BCUT2D eigenvalue weighted by Gasteiger charge is 2.27. The van der Waals surface area contributed by atoms with Gasteiger partial charge in [0.15, 0.2) is 0 Å². The largest absolute Gasteiger partial charge is 0.351 e. The number of hydrogen-bond donors (Lipinski definition) is 3. The van der Waals surface area contributed by atoms with Crippen LogP contribution in [0.3, 0.4) is 0 Å². The number of nitrogens with one attached hydrogen (secondary N) is 3. The van der Waals surface area contributed by atoms with E-state index in [9.17, 15) is 18.0 Å². The molecule has 1 heterocycles. The Labute approximate surface area is 203 Å². The number of rotatable bonds is 8. The summed E-state index contributed by atoms with van der Waals surface area (Å²) in [6.45, 7) is 0.171. The van der Waals surface area contributed by atoms with E-state index < -0.39 is 22.0 Å². The first-order valence-electron chi connectivity index (χ1n) is 10.8. The summed E-state index contributed by atoms with van der Waals surface area (Å²) in [5.41, 5.74) is 2.89. The molecule has 7 nitrogen and oxygen atoms in total. The van der Waals surface area contributed by atoms with Gasteiger partial charge in [0.2, 0.25) is 21.8 Å². The van der Waals surface area contributed by atoms with Crippen LogP contribution in [-0.4, -0.2) is 26.3 Å². The molecular weight excluding hydrogens is 474 g/mol. The highest BCUT2D eigenvalue weighted by molar-refractivity contribution is 7.89. The van der Waals surface area contributed by atoms with E-state index in [1.54, 1.807) is 30.3 Å². The van der Waals surface area contributed by atoms with E-state index in [0.29, 0.717) is 23.6 Å². The second-order valence-electron chi connectivity index (χ2n) is 8.04. The van der Waals surface area contributed by atoms with E-state index in [1.807, 2.05) is 36.4 Å². The summed E-state index contributed by atoms with van der Waals surface area (Å²) in [7, 11) is -4.01. The van der Waals surface area contributed by atoms with Crippen LogP contribution in [0.2, 0.25) is 5.02 Å². The molecule has 1 aliphatic rings. The fourth-order valence-corrected chi connectivity index (χ4v) is 5.22. The minimum atomic E-state index is -4.01. The fourth-order valence-electron chi connectivity index (χ4n) is 3.77. The number of sulfonamides is 1. The van der Waals surface area contributed by atoms with Crippen LogP contribution in [0.15, 0.2) is 77.7 Å². The lowest BCUT2D eigenvalue weighted by Gasteiger charge is -2.21. The molecule has 0 aliphatic carbocycles. The van der Waals surface area contributed by atoms with Crippen molar-refractivity contribution in [3.63, 3.8) is 0 Å². The highest BCUT2D eigenvalue weighted by Crippen LogP contribution is 2.25. The first-order valence-corrected chi connectivity index (χ1v) is 12.7. The number of halogens is 1. The van der Waals surface area contributed by atoms with E-state index in [4.69, 9.17) is 11.6 Å². The first kappa shape index (κ1) is 23.9. The molecule has 0 fully saturated rings. The predicted octanol–water partition coefficient (Wildman–Crippen LogP) is 3.43. The number of fused-ring (bicyclic) bond motifs is 1. The van der Waals surface area contributed by atoms with Gasteiger partial charge in [-0.3, -0.25) is 9.59 Å². The van der Waals surface area contributed by atoms with Gasteiger partial charge >= 0.3 is 0 Å². The van der Waals surface area contributed by atoms with Gasteiger partial charge < -0.3 is 10.6 Å². The van der Waals surface area contributed by atoms with Crippen LogP contribution in [0.1, 0.15) is 23.1 Å². The minimum absolute atomic E-state index is 0.0411. The molecule has 1 unspecified atom stereocenters. The second-order valence-corrected chi connectivity index (χ2v) is 10.2. The summed E-state index contributed by atoms with van der Waals surface area (Å²) >= 11 is 6.18. The van der Waals surface area contributed by atoms with Crippen molar-refractivity contribution in [1.82, 2.24) is 10.0 Å². The average Bonchev–Trinajstić information content (AvgIpc) is 2.83. The van der Waals surface area contributed by atoms with Gasteiger partial charge in [0.1, 0.15) is 6.04 Å². The minimum Gasteiger partial charge on any atom is -0.351 e. The summed E-state index contributed by atoms with van der Waals surface area (Å²) < 4.78 is 29.0. The van der Waals surface area contributed by atoms with Gasteiger partial charge in [-0.2, -0.15) is 4.72 Å². The monoisotopic (exact) mass is 497 g/mol. The van der Waals surface area contributed by atoms with Crippen molar-refractivity contribution in [2.45, 2.75) is 36.7 Å². The predicted molar refractivity (Wildman–Crippen MR) is 131 cm³/mol. The zero-order valence-electron chi connectivity index (χ0n) is 18.3. The summed E-state index contributed by atoms with van der Waals surface area (Å²) in [5.74, 6) is -0.558. The van der Waals surface area contributed by atoms with Gasteiger partial charge in [-0.05, 0) is 53.8 Å². The van der Waals surface area contributed by atoms with Crippen LogP contribution in [-0.2, 0) is 39.0 Å². The third-order valence-corrected chi connectivity index (χ3v) is 7.43. The van der Waals surface area contributed by atoms with Crippen molar-refractivity contribution in [3.8, 4) is 0 Å². The van der Waals surface area contributed by atoms with Crippen LogP contribution >= 0.6 is 11.6 Å². The quantitative estimate of drug-likeness (QED) is 0.443. The van der Waals surface area contributed by atoms with Crippen LogP contribution in [0.4, 0.5) is 5.69 Å². The standard InChI is InChI=1S/C25H24ClN3O4S/c26-21-9-5-4-8-19(21)16-27-25(31)23(14-17-6-2-1-3-7-17)29-34(32,33)20-11-12-22-18(15-20)10-13-24(30)28-22/h1-9,11-12,15,23,29H,10,13-14,16H2,(H,27,31)(H,28,30). The molecule has 2 amide bonds. The lowest BCUT2D eigenvalue weighted by molar-refractivity contribution is -0.123. The second kappa shape index (κ2) is 10.4. The summed E-state index contributed by atoms with van der Waals surface area (Å²) in [4.78, 5) is 24.7. The number of benzene rings is 3. The van der Waals surface area contributed by atoms with E-state index in [-0.39, 0.29) is 23.8 Å². The topological polar surface area (TPSA) is 104 Å². The van der Waals surface area contributed by atoms with Gasteiger partial charge in [-0.25, -0.2) is 8.42 Å². The molecule has 4 rings (SSSR count). The molecule has 9 heteroatoms. The number of amides is 2. The Morgan fingerprint density at radius 3 is 2.50 bits per heavy atom. The Morgan fingerprint density at radius 1 is 1.00 bits per heavy atom. The lowest BCUT2D eigenvalue weighted by Crippen LogP contribution is -2.47. The molecule has 1 aliphatic heterocycles. The molecule has 0 spiro atoms. The lowest BCUT2D eigenvalue weighted by atomic mass is 10.0. The van der Waals surface area contributed by atoms with Crippen LogP contribution in [0, 0.1) is 0 Å². The van der Waals surface area contributed by atoms with Gasteiger partial charge in [0.05, 0.1) is 4.90 Å². The maximum absolute atomic E-state index is 13.2. The molecule has 3 N–H and O–H groups in total. The Morgan fingerprint density at radius 2 is 1.74 bits per heavy atom. The van der Waals surface area contributed by atoms with Crippen LogP contribution < -0.4 is 15.4 Å². The van der Waals surface area contributed by atoms with E-state index in [2.05, 4.69) is 15.4 Å². The van der Waals surface area contributed by atoms with Crippen molar-refractivity contribution >= 4 is 39.1 Å². The maximum Gasteiger partial charge on any atom is 0.241 e. The van der Waals surface area contributed by atoms with E-state index in [0.717, 1.165) is 16.7 Å². The molecule has 3 aromatic carbocycles. The number of aryl methyl sites for hydroxylation is 1. The van der Waals surface area contributed by atoms with Crippen molar-refractivity contribution in [2.75, 3.05) is 5.32 Å². The zero-order chi connectivity index (χ0) is 24.1. The molecular formula is C25H24ClN3O4S. The maximum atomic E-state index is 13.2. The van der Waals surface area contributed by atoms with Gasteiger partial charge in [-0.1, -0.05) is 60.1 Å². The average molecular weight is 498 g/mol. The number of hydrogen-bond acceptors (Lipinski definition) is 4. The molecule has 0 aromatic heterocycles. The van der Waals surface area contributed by atoms with Gasteiger partial charge in [0, 0.05) is 23.7 Å². The molecule has 0 bridgehead atoms. The van der Waals surface area contributed by atoms with Crippen LogP contribution in [0.25, 0.3) is 0 Å². The Balaban J connectivity index is 1.55. The third-order valence-electron chi connectivity index (χ3n) is 5.59. The third kappa shape index (κ3) is 5.83. The fraction of sp³-hybridized carbons (Fsp3) is 0.200. The van der Waals surface area contributed by atoms with Crippen molar-refractivity contribution in [3.05, 3.63) is 94.5 Å². The molecule has 0 radical (unpaired) electrons. The summed E-state index contributed by atoms with van der Waals surface area (Å²) in [6.07, 6.45) is 0.927. The number of carbonyl (C=O) groups excluding carboxylic acids is 2. The normalized spacial score (nSPS) is 14.1. The van der Waals surface area contributed by atoms with Crippen molar-refractivity contribution < 1.29 is 18.0 Å². The van der Waals surface area contributed by atoms with E-state index >= 15 is 0 Å². The van der Waals surface area contributed by atoms with Gasteiger partial charge in [-0.15, -0.1) is 0 Å². The van der Waals surface area contributed by atoms with Crippen LogP contribution in [0.5, 0.6) is 0 Å². The van der Waals surface area contributed by atoms with Crippen molar-refractivity contribution in [1.29, 1.82) is 0 Å². The summed E-state index contributed by atoms with van der Waals surface area (Å²) in [6, 6.07) is 19.8. The Kier molecular flexibility index (Phi) is 7.31. The summed E-state index contributed by atoms with van der Waals surface area (Å²) in [5, 5.41) is 6.05. The zero-order valence-corrected chi connectivity index (χ0v) is 19.8. The first-order chi connectivity index (χ1) is 16.3.